The van der Waals surface area contributed by atoms with Crippen molar-refractivity contribution in [2.24, 2.45) is 0 Å². The topological polar surface area (TPSA) is 93.1 Å². The maximum atomic E-state index is 11.0. The molecule has 0 heterocycles. The van der Waals surface area contributed by atoms with Gasteiger partial charge in [-0.2, -0.15) is 0 Å². The van der Waals surface area contributed by atoms with Gasteiger partial charge in [0.25, 0.3) is 0 Å². The van der Waals surface area contributed by atoms with Gasteiger partial charge in [0.2, 0.25) is 0 Å². The molecule has 2 N–H and O–H groups in total. The molecule has 0 aliphatic rings. The van der Waals surface area contributed by atoms with Gasteiger partial charge in [0.15, 0.2) is 19.8 Å². The minimum Gasteiger partial charge on any atom is -0.464 e. The second kappa shape index (κ2) is 6.77. The molecule has 84 valence electrons. The molecule has 3 atom stereocenters. The molecule has 0 bridgehead atoms. The molecule has 0 saturated heterocycles. The van der Waals surface area contributed by atoms with Gasteiger partial charge in [0.1, 0.15) is 0 Å². The van der Waals surface area contributed by atoms with Crippen molar-refractivity contribution in [3.05, 3.63) is 0 Å². The van der Waals surface area contributed by atoms with Crippen LogP contribution in [0.3, 0.4) is 0 Å². The minimum absolute atomic E-state index is 0.0367. The van der Waals surface area contributed by atoms with Gasteiger partial charge >= 0.3 is 11.9 Å². The van der Waals surface area contributed by atoms with Crippen molar-refractivity contribution >= 4 is 27.5 Å². The van der Waals surface area contributed by atoms with E-state index in [1.165, 1.54) is 13.6 Å². The zero-order chi connectivity index (χ0) is 12.0. The van der Waals surface area contributed by atoms with E-state index in [-0.39, 0.29) is 6.61 Å². The van der Waals surface area contributed by atoms with E-state index in [1.807, 2.05) is 0 Å². The predicted octanol–water partition coefficient (Wildman–Crippen LogP) is -1.08. The molecule has 0 aromatic carbocycles. The highest BCUT2D eigenvalue weighted by atomic mass is 31.1. The van der Waals surface area contributed by atoms with Gasteiger partial charge in [-0.25, -0.2) is 9.59 Å². The van der Waals surface area contributed by atoms with Crippen LogP contribution in [0.25, 0.3) is 0 Å². The Hall–Kier alpha value is -0.645. The van der Waals surface area contributed by atoms with Crippen molar-refractivity contribution in [2.75, 3.05) is 13.3 Å². The molecular weight excluding hydrogens is 222 g/mol. The molecule has 15 heavy (non-hydrogen) atoms. The van der Waals surface area contributed by atoms with Gasteiger partial charge in [0, 0.05) is 8.03 Å². The largest absolute Gasteiger partial charge is 0.464 e. The third-order valence-electron chi connectivity index (χ3n) is 1.30. The number of hydrogen-bond donors (Lipinski definition) is 2. The van der Waals surface area contributed by atoms with Crippen LogP contribution < -0.4 is 0 Å². The van der Waals surface area contributed by atoms with Crippen LogP contribution in [0.1, 0.15) is 6.92 Å². The molecule has 0 aliphatic carbocycles. The number of esters is 1. The lowest BCUT2D eigenvalue weighted by molar-refractivity contribution is -0.167. The van der Waals surface area contributed by atoms with Crippen LogP contribution in [0.4, 0.5) is 0 Å². The SMILES string of the molecule is [B]P(C)OC(=O)C(O)C(O)C(=O)OCC. The smallest absolute Gasteiger partial charge is 0.340 e. The first kappa shape index (κ1) is 14.4. The van der Waals surface area contributed by atoms with Crippen molar-refractivity contribution in [2.45, 2.75) is 19.1 Å². The second-order valence-corrected chi connectivity index (χ2v) is 3.87. The van der Waals surface area contributed by atoms with Crippen molar-refractivity contribution in [3.63, 3.8) is 0 Å². The summed E-state index contributed by atoms with van der Waals surface area (Å²) >= 11 is 0. The van der Waals surface area contributed by atoms with Crippen molar-refractivity contribution in [1.82, 2.24) is 0 Å². The number of aliphatic hydroxyl groups is 2. The van der Waals surface area contributed by atoms with Crippen molar-refractivity contribution in [3.8, 4) is 0 Å². The number of aliphatic hydroxyl groups excluding tert-OH is 2. The first-order valence-electron chi connectivity index (χ1n) is 4.13. The van der Waals surface area contributed by atoms with Crippen LogP contribution in [0.15, 0.2) is 0 Å². The van der Waals surface area contributed by atoms with E-state index in [1.54, 1.807) is 0 Å². The fourth-order valence-electron chi connectivity index (χ4n) is 0.681. The Morgan fingerprint density at radius 3 is 2.20 bits per heavy atom. The minimum atomic E-state index is -1.97. The Kier molecular flexibility index (Phi) is 6.48. The molecule has 0 fully saturated rings. The Labute approximate surface area is 89.8 Å². The van der Waals surface area contributed by atoms with Crippen LogP contribution >= 0.6 is 8.03 Å². The number of hydrogen-bond acceptors (Lipinski definition) is 6. The van der Waals surface area contributed by atoms with Crippen LogP contribution in [0.5, 0.6) is 0 Å². The van der Waals surface area contributed by atoms with E-state index >= 15 is 0 Å². The summed E-state index contributed by atoms with van der Waals surface area (Å²) in [6, 6.07) is 0. The van der Waals surface area contributed by atoms with E-state index in [2.05, 4.69) is 9.26 Å². The summed E-state index contributed by atoms with van der Waals surface area (Å²) in [7, 11) is 3.68. The Morgan fingerprint density at radius 2 is 1.80 bits per heavy atom. The Balaban J connectivity index is 4.24. The summed E-state index contributed by atoms with van der Waals surface area (Å²) in [6.45, 7) is 2.99. The molecule has 0 amide bonds. The molecule has 0 aromatic rings. The van der Waals surface area contributed by atoms with Crippen LogP contribution in [0.2, 0.25) is 0 Å². The van der Waals surface area contributed by atoms with Gasteiger partial charge < -0.3 is 19.5 Å². The summed E-state index contributed by atoms with van der Waals surface area (Å²) in [5.74, 6) is -2.23. The normalized spacial score (nSPS) is 16.3. The van der Waals surface area contributed by atoms with Gasteiger partial charge in [-0.1, -0.05) is 0 Å². The Bertz CT molecular complexity index is 234. The average Bonchev–Trinajstić information content (AvgIpc) is 2.14. The zero-order valence-electron chi connectivity index (χ0n) is 8.41. The maximum absolute atomic E-state index is 11.0. The number of carbonyl (C=O) groups excluding carboxylic acids is 2. The van der Waals surface area contributed by atoms with Gasteiger partial charge in [0.05, 0.1) is 6.61 Å². The van der Waals surface area contributed by atoms with Crippen LogP contribution in [0, 0.1) is 0 Å². The highest BCUT2D eigenvalue weighted by molar-refractivity contribution is 7.77. The maximum Gasteiger partial charge on any atom is 0.340 e. The molecule has 3 unspecified atom stereocenters. The lowest BCUT2D eigenvalue weighted by Crippen LogP contribution is -2.41. The monoisotopic (exact) mass is 234 g/mol. The molecule has 6 nitrogen and oxygen atoms in total. The fraction of sp³-hybridized carbons (Fsp3) is 0.714. The first-order chi connectivity index (χ1) is 6.90. The van der Waals surface area contributed by atoms with Gasteiger partial charge in [-0.15, -0.1) is 0 Å². The molecule has 0 aliphatic heterocycles. The third-order valence-corrected chi connectivity index (χ3v) is 1.77. The molecule has 2 radical (unpaired) electrons. The van der Waals surface area contributed by atoms with Gasteiger partial charge in [-0.05, 0) is 13.6 Å². The number of carbonyl (C=O) groups is 2. The highest BCUT2D eigenvalue weighted by Crippen LogP contribution is 2.25. The van der Waals surface area contributed by atoms with E-state index in [4.69, 9.17) is 17.8 Å². The quantitative estimate of drug-likeness (QED) is 0.357. The summed E-state index contributed by atoms with van der Waals surface area (Å²) in [5.41, 5.74) is 0. The molecule has 8 heteroatoms. The molecule has 0 aromatic heterocycles. The summed E-state index contributed by atoms with van der Waals surface area (Å²) in [5, 5.41) is 18.3. The van der Waals surface area contributed by atoms with Crippen LogP contribution in [-0.4, -0.2) is 55.2 Å². The first-order valence-corrected chi connectivity index (χ1v) is 5.90. The van der Waals surface area contributed by atoms with Crippen molar-refractivity contribution < 1.29 is 29.1 Å². The summed E-state index contributed by atoms with van der Waals surface area (Å²) in [6.07, 6.45) is -3.93. The van der Waals surface area contributed by atoms with E-state index in [0.717, 1.165) is 0 Å². The number of ether oxygens (including phenoxy) is 1. The molecule has 0 spiro atoms. The lowest BCUT2D eigenvalue weighted by Gasteiger charge is -2.16. The molecular formula is C7H12BO6P. The lowest BCUT2D eigenvalue weighted by atomic mass is 10.2. The summed E-state index contributed by atoms with van der Waals surface area (Å²) in [4.78, 5) is 21.9. The highest BCUT2D eigenvalue weighted by Gasteiger charge is 2.32. The molecule has 0 rings (SSSR count). The van der Waals surface area contributed by atoms with Crippen LogP contribution in [-0.2, 0) is 18.8 Å². The second-order valence-electron chi connectivity index (χ2n) is 2.60. The fourth-order valence-corrected chi connectivity index (χ4v) is 1.07. The standard InChI is InChI=1S/C7H12BO6P/c1-3-13-6(11)4(9)5(10)7(12)14-15(2)8/h4-5,9-10H,3H2,1-2H3. The zero-order valence-corrected chi connectivity index (χ0v) is 9.31. The van der Waals surface area contributed by atoms with Crippen molar-refractivity contribution in [1.29, 1.82) is 0 Å². The van der Waals surface area contributed by atoms with E-state index in [9.17, 15) is 9.59 Å². The summed E-state index contributed by atoms with van der Waals surface area (Å²) < 4.78 is 8.84. The Morgan fingerprint density at radius 1 is 1.33 bits per heavy atom. The van der Waals surface area contributed by atoms with Gasteiger partial charge in [-0.3, -0.25) is 0 Å². The predicted molar refractivity (Wildman–Crippen MR) is 53.3 cm³/mol. The van der Waals surface area contributed by atoms with E-state index < -0.39 is 32.2 Å². The van der Waals surface area contributed by atoms with E-state index in [0.29, 0.717) is 0 Å². The average molecular weight is 234 g/mol. The molecule has 0 saturated carbocycles. The third kappa shape index (κ3) is 5.11. The number of rotatable bonds is 5.